The minimum Gasteiger partial charge on any atom is -0.381 e. The Kier molecular flexibility index (Phi) is 5.67. The Morgan fingerprint density at radius 3 is 2.59 bits per heavy atom. The van der Waals surface area contributed by atoms with Gasteiger partial charge in [0.1, 0.15) is 5.82 Å². The van der Waals surface area contributed by atoms with Crippen LogP contribution in [-0.2, 0) is 4.74 Å². The van der Waals surface area contributed by atoms with Gasteiger partial charge < -0.3 is 10.5 Å². The molecule has 1 saturated heterocycles. The van der Waals surface area contributed by atoms with Gasteiger partial charge in [-0.05, 0) is 36.5 Å². The third-order valence-corrected chi connectivity index (χ3v) is 3.42. The average Bonchev–Trinajstić information content (AvgIpc) is 2.29. The van der Waals surface area contributed by atoms with E-state index in [1.807, 2.05) is 0 Å². The molecule has 0 aromatic heterocycles. The van der Waals surface area contributed by atoms with Gasteiger partial charge in [0.25, 0.3) is 0 Å². The van der Waals surface area contributed by atoms with Crippen LogP contribution in [-0.4, -0.2) is 13.2 Å². The monoisotopic (exact) mass is 279 g/mol. The molecule has 2 nitrogen and oxygen atoms in total. The zero-order chi connectivity index (χ0) is 11.5. The third-order valence-electron chi connectivity index (χ3n) is 3.10. The fourth-order valence-corrected chi connectivity index (χ4v) is 2.39. The molecule has 1 aliphatic rings. The predicted molar refractivity (Wildman–Crippen MR) is 69.1 cm³/mol. The molecule has 17 heavy (non-hydrogen) atoms. The van der Waals surface area contributed by atoms with Crippen LogP contribution in [0.15, 0.2) is 18.2 Å². The number of benzene rings is 1. The van der Waals surface area contributed by atoms with Crippen molar-refractivity contribution in [2.45, 2.75) is 18.9 Å². The summed E-state index contributed by atoms with van der Waals surface area (Å²) < 4.78 is 18.2. The second-order valence-corrected chi connectivity index (χ2v) is 4.55. The number of nitrogens with two attached hydrogens (primary N) is 1. The molecule has 2 rings (SSSR count). The predicted octanol–water partition coefficient (Wildman–Crippen LogP) is 3.33. The second kappa shape index (κ2) is 6.55. The van der Waals surface area contributed by atoms with Crippen LogP contribution in [0.25, 0.3) is 0 Å². The van der Waals surface area contributed by atoms with E-state index in [4.69, 9.17) is 22.1 Å². The molecule has 1 aliphatic heterocycles. The normalized spacial score (nSPS) is 18.5. The van der Waals surface area contributed by atoms with Crippen LogP contribution in [0.4, 0.5) is 4.39 Å². The molecule has 0 amide bonds. The van der Waals surface area contributed by atoms with E-state index in [-0.39, 0.29) is 24.3 Å². The van der Waals surface area contributed by atoms with Gasteiger partial charge in [0.2, 0.25) is 0 Å². The van der Waals surface area contributed by atoms with E-state index in [1.165, 1.54) is 12.1 Å². The Labute approximate surface area is 112 Å². The summed E-state index contributed by atoms with van der Waals surface area (Å²) in [5.74, 6) is 0.0460. The van der Waals surface area contributed by atoms with E-state index in [0.717, 1.165) is 31.6 Å². The minimum atomic E-state index is -0.326. The van der Waals surface area contributed by atoms with Crippen molar-refractivity contribution < 1.29 is 9.13 Å². The topological polar surface area (TPSA) is 35.2 Å². The van der Waals surface area contributed by atoms with Gasteiger partial charge in [0, 0.05) is 24.3 Å². The van der Waals surface area contributed by atoms with Crippen LogP contribution in [0.1, 0.15) is 24.4 Å². The minimum absolute atomic E-state index is 0. The number of ether oxygens (including phenoxy) is 1. The summed E-state index contributed by atoms with van der Waals surface area (Å²) in [4.78, 5) is 0. The van der Waals surface area contributed by atoms with Gasteiger partial charge in [0.15, 0.2) is 0 Å². The van der Waals surface area contributed by atoms with Crippen LogP contribution in [0.3, 0.4) is 0 Å². The van der Waals surface area contributed by atoms with E-state index >= 15 is 0 Å². The first kappa shape index (κ1) is 14.7. The molecule has 0 spiro atoms. The van der Waals surface area contributed by atoms with Gasteiger partial charge in [0.05, 0.1) is 0 Å². The molecule has 0 aliphatic carbocycles. The zero-order valence-corrected chi connectivity index (χ0v) is 10.9. The van der Waals surface area contributed by atoms with Crippen LogP contribution < -0.4 is 5.73 Å². The summed E-state index contributed by atoms with van der Waals surface area (Å²) in [5, 5.41) is 0.416. The lowest BCUT2D eigenvalue weighted by molar-refractivity contribution is 0.0584. The van der Waals surface area contributed by atoms with Gasteiger partial charge in [-0.25, -0.2) is 4.39 Å². The lowest BCUT2D eigenvalue weighted by atomic mass is 9.88. The number of halogens is 3. The average molecular weight is 280 g/mol. The van der Waals surface area contributed by atoms with E-state index < -0.39 is 0 Å². The summed E-state index contributed by atoms with van der Waals surface area (Å²) in [7, 11) is 0. The molecule has 0 unspecified atom stereocenters. The molecule has 1 heterocycles. The van der Waals surface area contributed by atoms with Gasteiger partial charge in [-0.15, -0.1) is 12.4 Å². The molecule has 96 valence electrons. The molecule has 1 fully saturated rings. The standard InChI is InChI=1S/C12H15ClFNO.ClH/c13-11-7-9(14)1-2-10(11)12(15)8-3-5-16-6-4-8;/h1-2,7-8,12H,3-6,15H2;1H/t12-;/m0./s1. The summed E-state index contributed by atoms with van der Waals surface area (Å²) in [6.07, 6.45) is 1.88. The van der Waals surface area contributed by atoms with E-state index in [2.05, 4.69) is 0 Å². The maximum Gasteiger partial charge on any atom is 0.124 e. The first-order valence-electron chi connectivity index (χ1n) is 5.47. The molecule has 5 heteroatoms. The number of hydrogen-bond acceptors (Lipinski definition) is 2. The van der Waals surface area contributed by atoms with Gasteiger partial charge in [-0.2, -0.15) is 0 Å². The van der Waals surface area contributed by atoms with Gasteiger partial charge in [-0.1, -0.05) is 17.7 Å². The second-order valence-electron chi connectivity index (χ2n) is 4.14. The molecule has 0 saturated carbocycles. The number of rotatable bonds is 2. The third kappa shape index (κ3) is 3.55. The van der Waals surface area contributed by atoms with Crippen molar-refractivity contribution in [1.29, 1.82) is 0 Å². The first-order valence-corrected chi connectivity index (χ1v) is 5.84. The lowest BCUT2D eigenvalue weighted by Crippen LogP contribution is -2.27. The molecular formula is C12H16Cl2FNO. The van der Waals surface area contributed by atoms with Gasteiger partial charge in [-0.3, -0.25) is 0 Å². The Balaban J connectivity index is 0.00000144. The molecule has 0 radical (unpaired) electrons. The molecule has 0 bridgehead atoms. The Bertz CT molecular complexity index is 370. The zero-order valence-electron chi connectivity index (χ0n) is 9.36. The van der Waals surface area contributed by atoms with Crippen molar-refractivity contribution in [3.05, 3.63) is 34.6 Å². The van der Waals surface area contributed by atoms with Gasteiger partial charge >= 0.3 is 0 Å². The quantitative estimate of drug-likeness (QED) is 0.901. The van der Waals surface area contributed by atoms with Crippen molar-refractivity contribution >= 4 is 24.0 Å². The fourth-order valence-electron chi connectivity index (χ4n) is 2.10. The summed E-state index contributed by atoms with van der Waals surface area (Å²) in [6, 6.07) is 4.27. The van der Waals surface area contributed by atoms with Crippen LogP contribution in [0, 0.1) is 11.7 Å². The highest BCUT2D eigenvalue weighted by atomic mass is 35.5. The molecular weight excluding hydrogens is 264 g/mol. The largest absolute Gasteiger partial charge is 0.381 e. The molecule has 1 aromatic rings. The highest BCUT2D eigenvalue weighted by Crippen LogP contribution is 2.32. The van der Waals surface area contributed by atoms with E-state index in [0.29, 0.717) is 10.9 Å². The maximum atomic E-state index is 12.9. The van der Waals surface area contributed by atoms with Crippen molar-refractivity contribution in [2.75, 3.05) is 13.2 Å². The van der Waals surface area contributed by atoms with Crippen molar-refractivity contribution in [2.24, 2.45) is 11.7 Å². The molecule has 1 aromatic carbocycles. The Hall–Kier alpha value is -0.350. The van der Waals surface area contributed by atoms with E-state index in [9.17, 15) is 4.39 Å². The highest BCUT2D eigenvalue weighted by molar-refractivity contribution is 6.31. The van der Waals surface area contributed by atoms with Crippen LogP contribution >= 0.6 is 24.0 Å². The fraction of sp³-hybridized carbons (Fsp3) is 0.500. The Morgan fingerprint density at radius 1 is 1.35 bits per heavy atom. The van der Waals surface area contributed by atoms with Crippen LogP contribution in [0.2, 0.25) is 5.02 Å². The van der Waals surface area contributed by atoms with Crippen molar-refractivity contribution in [1.82, 2.24) is 0 Å². The first-order chi connectivity index (χ1) is 7.68. The summed E-state index contributed by atoms with van der Waals surface area (Å²) in [5.41, 5.74) is 6.99. The van der Waals surface area contributed by atoms with E-state index in [1.54, 1.807) is 6.07 Å². The SMILES string of the molecule is Cl.N[C@H](c1ccc(F)cc1Cl)C1CCOCC1. The lowest BCUT2D eigenvalue weighted by Gasteiger charge is -2.28. The summed E-state index contributed by atoms with van der Waals surface area (Å²) >= 11 is 5.99. The summed E-state index contributed by atoms with van der Waals surface area (Å²) in [6.45, 7) is 1.49. The highest BCUT2D eigenvalue weighted by Gasteiger charge is 2.23. The maximum absolute atomic E-state index is 12.9. The molecule has 1 atom stereocenters. The van der Waals surface area contributed by atoms with Crippen molar-refractivity contribution in [3.63, 3.8) is 0 Å². The Morgan fingerprint density at radius 2 is 2.00 bits per heavy atom. The van der Waals surface area contributed by atoms with Crippen LogP contribution in [0.5, 0.6) is 0 Å². The molecule has 2 N–H and O–H groups in total. The smallest absolute Gasteiger partial charge is 0.124 e. The van der Waals surface area contributed by atoms with Crippen molar-refractivity contribution in [3.8, 4) is 0 Å². The number of hydrogen-bond donors (Lipinski definition) is 1.